The lowest BCUT2D eigenvalue weighted by molar-refractivity contribution is -0.0755. The van der Waals surface area contributed by atoms with Gasteiger partial charge in [0.1, 0.15) is 0 Å². The van der Waals surface area contributed by atoms with Crippen LogP contribution in [0.5, 0.6) is 0 Å². The summed E-state index contributed by atoms with van der Waals surface area (Å²) < 4.78 is 10.4. The van der Waals surface area contributed by atoms with Crippen molar-refractivity contribution in [1.82, 2.24) is 0 Å². The predicted molar refractivity (Wildman–Crippen MR) is 38.9 cm³/mol. The Labute approximate surface area is 64.9 Å². The molecule has 5 heteroatoms. The van der Waals surface area contributed by atoms with E-state index in [9.17, 15) is 0 Å². The largest absolute Gasteiger partial charge is 0.350 e. The summed E-state index contributed by atoms with van der Waals surface area (Å²) in [6.45, 7) is 3.66. The van der Waals surface area contributed by atoms with E-state index < -0.39 is 0 Å². The van der Waals surface area contributed by atoms with Gasteiger partial charge in [0.05, 0.1) is 13.2 Å². The molecule has 1 atom stereocenters. The number of azide groups is 1. The summed E-state index contributed by atoms with van der Waals surface area (Å²) in [6.07, 6.45) is -0.180. The third-order valence-electron chi connectivity index (χ3n) is 1.55. The first-order chi connectivity index (χ1) is 5.34. The van der Waals surface area contributed by atoms with Crippen LogP contribution in [0.1, 0.15) is 6.92 Å². The lowest BCUT2D eigenvalue weighted by Gasteiger charge is -2.14. The van der Waals surface area contributed by atoms with Gasteiger partial charge in [0.15, 0.2) is 6.29 Å². The Morgan fingerprint density at radius 2 is 2.27 bits per heavy atom. The van der Waals surface area contributed by atoms with Crippen LogP contribution < -0.4 is 0 Å². The second kappa shape index (κ2) is 4.18. The molecule has 0 radical (unpaired) electrons. The summed E-state index contributed by atoms with van der Waals surface area (Å²) in [5.74, 6) is 0.147. The zero-order valence-electron chi connectivity index (χ0n) is 6.43. The summed E-state index contributed by atoms with van der Waals surface area (Å²) in [5, 5.41) is 3.44. The molecule has 1 aliphatic heterocycles. The van der Waals surface area contributed by atoms with Gasteiger partial charge in [-0.15, -0.1) is 0 Å². The molecule has 1 heterocycles. The van der Waals surface area contributed by atoms with E-state index >= 15 is 0 Å². The molecule has 0 aromatic rings. The molecule has 1 saturated heterocycles. The van der Waals surface area contributed by atoms with Crippen molar-refractivity contribution in [2.24, 2.45) is 11.0 Å². The normalized spacial score (nSPS) is 21.2. The highest BCUT2D eigenvalue weighted by atomic mass is 16.7. The molecule has 11 heavy (non-hydrogen) atoms. The number of rotatable bonds is 3. The molecule has 0 unspecified atom stereocenters. The molecule has 1 aliphatic rings. The van der Waals surface area contributed by atoms with Crippen LogP contribution in [-0.2, 0) is 9.47 Å². The Bertz CT molecular complexity index is 161. The van der Waals surface area contributed by atoms with E-state index in [1.807, 2.05) is 6.92 Å². The first-order valence-electron chi connectivity index (χ1n) is 3.58. The molecular formula is C6H11N3O2. The van der Waals surface area contributed by atoms with Gasteiger partial charge in [-0.05, 0) is 5.53 Å². The van der Waals surface area contributed by atoms with Crippen molar-refractivity contribution in [2.45, 2.75) is 13.2 Å². The molecule has 0 aliphatic carbocycles. The number of nitrogens with zero attached hydrogens (tertiary/aromatic N) is 3. The van der Waals surface area contributed by atoms with Gasteiger partial charge in [-0.25, -0.2) is 0 Å². The molecule has 5 nitrogen and oxygen atoms in total. The molecule has 0 N–H and O–H groups in total. The predicted octanol–water partition coefficient (Wildman–Crippen LogP) is 1.31. The minimum Gasteiger partial charge on any atom is -0.350 e. The molecule has 0 aromatic heterocycles. The van der Waals surface area contributed by atoms with Crippen molar-refractivity contribution in [2.75, 3.05) is 19.8 Å². The molecular weight excluding hydrogens is 146 g/mol. The van der Waals surface area contributed by atoms with E-state index in [0.717, 1.165) is 0 Å². The summed E-state index contributed by atoms with van der Waals surface area (Å²) in [6, 6.07) is 0. The molecule has 0 saturated carbocycles. The fourth-order valence-corrected chi connectivity index (χ4v) is 0.957. The van der Waals surface area contributed by atoms with Gasteiger partial charge in [-0.1, -0.05) is 12.0 Å². The topological polar surface area (TPSA) is 67.2 Å². The highest BCUT2D eigenvalue weighted by molar-refractivity contribution is 4.64. The molecule has 0 bridgehead atoms. The van der Waals surface area contributed by atoms with Crippen LogP contribution in [0.15, 0.2) is 5.11 Å². The standard InChI is InChI=1S/C6H11N3O2/c1-5(4-8-9-7)6-10-2-3-11-6/h5-6H,2-4H2,1H3/t5-/m0/s1. The van der Waals surface area contributed by atoms with Crippen LogP contribution in [0, 0.1) is 5.92 Å². The second-order valence-electron chi connectivity index (χ2n) is 2.50. The van der Waals surface area contributed by atoms with Crippen molar-refractivity contribution in [3.63, 3.8) is 0 Å². The van der Waals surface area contributed by atoms with Crippen LogP contribution in [-0.4, -0.2) is 26.0 Å². The van der Waals surface area contributed by atoms with Gasteiger partial charge in [0.25, 0.3) is 0 Å². The maximum Gasteiger partial charge on any atom is 0.160 e. The molecule has 62 valence electrons. The van der Waals surface area contributed by atoms with Gasteiger partial charge in [0.2, 0.25) is 0 Å². The number of hydrogen-bond acceptors (Lipinski definition) is 3. The van der Waals surface area contributed by atoms with E-state index in [4.69, 9.17) is 15.0 Å². The monoisotopic (exact) mass is 157 g/mol. The minimum absolute atomic E-state index is 0.147. The maximum absolute atomic E-state index is 8.03. The Morgan fingerprint density at radius 3 is 2.82 bits per heavy atom. The van der Waals surface area contributed by atoms with E-state index in [1.165, 1.54) is 0 Å². The highest BCUT2D eigenvalue weighted by Crippen LogP contribution is 2.14. The second-order valence-corrected chi connectivity index (χ2v) is 2.50. The fraction of sp³-hybridized carbons (Fsp3) is 1.00. The van der Waals surface area contributed by atoms with Crippen molar-refractivity contribution in [1.29, 1.82) is 0 Å². The average Bonchev–Trinajstić information content (AvgIpc) is 2.52. The molecule has 0 spiro atoms. The van der Waals surface area contributed by atoms with Crippen LogP contribution in [0.2, 0.25) is 0 Å². The summed E-state index contributed by atoms with van der Waals surface area (Å²) in [7, 11) is 0. The summed E-state index contributed by atoms with van der Waals surface area (Å²) in [5.41, 5.74) is 8.03. The fourth-order valence-electron chi connectivity index (χ4n) is 0.957. The lowest BCUT2D eigenvalue weighted by atomic mass is 10.2. The SMILES string of the molecule is C[C@@H](CN=[N+]=[N-])C1OCCO1. The van der Waals surface area contributed by atoms with Gasteiger partial charge in [-0.2, -0.15) is 0 Å². The van der Waals surface area contributed by atoms with E-state index in [1.54, 1.807) is 0 Å². The van der Waals surface area contributed by atoms with E-state index in [0.29, 0.717) is 19.8 Å². The summed E-state index contributed by atoms with van der Waals surface area (Å²) >= 11 is 0. The lowest BCUT2D eigenvalue weighted by Crippen LogP contribution is -2.20. The van der Waals surface area contributed by atoms with Gasteiger partial charge >= 0.3 is 0 Å². The average molecular weight is 157 g/mol. The van der Waals surface area contributed by atoms with E-state index in [2.05, 4.69) is 10.0 Å². The van der Waals surface area contributed by atoms with Crippen LogP contribution in [0.4, 0.5) is 0 Å². The summed E-state index contributed by atoms with van der Waals surface area (Å²) in [4.78, 5) is 2.66. The Hall–Kier alpha value is -0.770. The van der Waals surface area contributed by atoms with Crippen LogP contribution in [0.25, 0.3) is 10.4 Å². The van der Waals surface area contributed by atoms with Gasteiger partial charge in [-0.3, -0.25) is 0 Å². The molecule has 1 fully saturated rings. The van der Waals surface area contributed by atoms with Crippen molar-refractivity contribution < 1.29 is 9.47 Å². The highest BCUT2D eigenvalue weighted by Gasteiger charge is 2.21. The van der Waals surface area contributed by atoms with Crippen molar-refractivity contribution in [3.05, 3.63) is 10.4 Å². The Morgan fingerprint density at radius 1 is 1.64 bits per heavy atom. The van der Waals surface area contributed by atoms with Crippen LogP contribution in [0.3, 0.4) is 0 Å². The van der Waals surface area contributed by atoms with Crippen LogP contribution >= 0.6 is 0 Å². The minimum atomic E-state index is -0.180. The zero-order chi connectivity index (χ0) is 8.10. The maximum atomic E-state index is 8.03. The molecule has 0 aromatic carbocycles. The number of ether oxygens (including phenoxy) is 2. The molecule has 0 amide bonds. The van der Waals surface area contributed by atoms with E-state index in [-0.39, 0.29) is 12.2 Å². The smallest absolute Gasteiger partial charge is 0.160 e. The third-order valence-corrected chi connectivity index (χ3v) is 1.55. The first-order valence-corrected chi connectivity index (χ1v) is 3.58. The van der Waals surface area contributed by atoms with Crippen molar-refractivity contribution in [3.8, 4) is 0 Å². The first kappa shape index (κ1) is 8.33. The Kier molecular flexibility index (Phi) is 3.16. The Balaban J connectivity index is 2.27. The van der Waals surface area contributed by atoms with Crippen molar-refractivity contribution >= 4 is 0 Å². The third kappa shape index (κ3) is 2.38. The zero-order valence-corrected chi connectivity index (χ0v) is 6.43. The van der Waals surface area contributed by atoms with Gasteiger partial charge in [0, 0.05) is 17.4 Å². The van der Waals surface area contributed by atoms with Gasteiger partial charge < -0.3 is 9.47 Å². The number of hydrogen-bond donors (Lipinski definition) is 0. The molecule has 1 rings (SSSR count). The quantitative estimate of drug-likeness (QED) is 0.352.